The molecule has 0 aliphatic heterocycles. The van der Waals surface area contributed by atoms with Crippen molar-refractivity contribution in [1.82, 2.24) is 19.6 Å². The number of pyridine rings is 1. The van der Waals surface area contributed by atoms with E-state index < -0.39 is 11.9 Å². The first kappa shape index (κ1) is 16.3. The number of halogens is 3. The molecule has 26 heavy (non-hydrogen) atoms. The minimum atomic E-state index is -4.56. The van der Waals surface area contributed by atoms with E-state index in [4.69, 9.17) is 0 Å². The van der Waals surface area contributed by atoms with Gasteiger partial charge in [-0.1, -0.05) is 29.8 Å². The Morgan fingerprint density at radius 1 is 0.923 bits per heavy atom. The SMILES string of the molecule is Cc1ccc(-c2cc3nc(-c4cccnc4)cc(C(F)(F)F)n3n2)cc1. The highest BCUT2D eigenvalue weighted by Gasteiger charge is 2.35. The van der Waals surface area contributed by atoms with Crippen molar-refractivity contribution in [3.8, 4) is 22.5 Å². The van der Waals surface area contributed by atoms with Crippen molar-refractivity contribution in [3.63, 3.8) is 0 Å². The second kappa shape index (κ2) is 5.94. The zero-order valence-corrected chi connectivity index (χ0v) is 13.7. The zero-order chi connectivity index (χ0) is 18.3. The van der Waals surface area contributed by atoms with Crippen LogP contribution in [0.4, 0.5) is 13.2 Å². The molecule has 4 nitrogen and oxygen atoms in total. The van der Waals surface area contributed by atoms with Gasteiger partial charge in [0.25, 0.3) is 0 Å². The Morgan fingerprint density at radius 3 is 2.35 bits per heavy atom. The molecule has 0 aliphatic carbocycles. The van der Waals surface area contributed by atoms with Crippen molar-refractivity contribution in [1.29, 1.82) is 0 Å². The van der Waals surface area contributed by atoms with Crippen molar-refractivity contribution in [2.75, 3.05) is 0 Å². The Labute approximate surface area is 147 Å². The lowest BCUT2D eigenvalue weighted by atomic mass is 10.1. The number of fused-ring (bicyclic) bond motifs is 1. The van der Waals surface area contributed by atoms with Gasteiger partial charge in [0.05, 0.1) is 11.4 Å². The highest BCUT2D eigenvalue weighted by molar-refractivity contribution is 5.67. The van der Waals surface area contributed by atoms with E-state index >= 15 is 0 Å². The molecule has 0 bridgehead atoms. The van der Waals surface area contributed by atoms with Gasteiger partial charge in [-0.15, -0.1) is 0 Å². The van der Waals surface area contributed by atoms with Crippen LogP contribution in [0.25, 0.3) is 28.2 Å². The molecule has 130 valence electrons. The number of rotatable bonds is 2. The summed E-state index contributed by atoms with van der Waals surface area (Å²) in [4.78, 5) is 8.29. The molecule has 4 aromatic rings. The summed E-state index contributed by atoms with van der Waals surface area (Å²) in [5.74, 6) is 0. The molecule has 0 saturated heterocycles. The van der Waals surface area contributed by atoms with Gasteiger partial charge in [-0.05, 0) is 25.1 Å². The number of aromatic nitrogens is 4. The van der Waals surface area contributed by atoms with Gasteiger partial charge in [-0.2, -0.15) is 18.3 Å². The molecule has 0 radical (unpaired) electrons. The first-order chi connectivity index (χ1) is 12.4. The molecule has 1 aromatic carbocycles. The fourth-order valence-electron chi connectivity index (χ4n) is 2.70. The molecule has 3 aromatic heterocycles. The monoisotopic (exact) mass is 354 g/mol. The highest BCUT2D eigenvalue weighted by atomic mass is 19.4. The van der Waals surface area contributed by atoms with Gasteiger partial charge >= 0.3 is 6.18 Å². The summed E-state index contributed by atoms with van der Waals surface area (Å²) in [5, 5.41) is 4.13. The first-order valence-electron chi connectivity index (χ1n) is 7.87. The summed E-state index contributed by atoms with van der Waals surface area (Å²) in [6.45, 7) is 1.94. The van der Waals surface area contributed by atoms with Crippen molar-refractivity contribution in [2.24, 2.45) is 0 Å². The number of alkyl halides is 3. The molecule has 0 saturated carbocycles. The fraction of sp³-hybridized carbons (Fsp3) is 0.105. The van der Waals surface area contributed by atoms with Crippen LogP contribution in [-0.2, 0) is 6.18 Å². The molecule has 0 spiro atoms. The third-order valence-electron chi connectivity index (χ3n) is 4.02. The summed E-state index contributed by atoms with van der Waals surface area (Å²) in [5.41, 5.74) is 2.20. The van der Waals surface area contributed by atoms with Gasteiger partial charge in [0, 0.05) is 29.6 Å². The van der Waals surface area contributed by atoms with Crippen LogP contribution in [0, 0.1) is 6.92 Å². The van der Waals surface area contributed by atoms with Crippen LogP contribution in [0.2, 0.25) is 0 Å². The van der Waals surface area contributed by atoms with E-state index in [2.05, 4.69) is 15.1 Å². The number of hydrogen-bond donors (Lipinski definition) is 0. The molecule has 4 rings (SSSR count). The summed E-state index contributed by atoms with van der Waals surface area (Å²) in [7, 11) is 0. The number of aryl methyl sites for hydroxylation is 1. The topological polar surface area (TPSA) is 43.1 Å². The molecule has 0 fully saturated rings. The van der Waals surface area contributed by atoms with E-state index in [1.165, 1.54) is 6.20 Å². The first-order valence-corrected chi connectivity index (χ1v) is 7.87. The Morgan fingerprint density at radius 2 is 1.69 bits per heavy atom. The van der Waals surface area contributed by atoms with Crippen LogP contribution in [-0.4, -0.2) is 19.6 Å². The predicted molar refractivity (Wildman–Crippen MR) is 91.4 cm³/mol. The second-order valence-corrected chi connectivity index (χ2v) is 5.93. The van der Waals surface area contributed by atoms with Gasteiger partial charge in [-0.3, -0.25) is 4.98 Å². The van der Waals surface area contributed by atoms with Crippen LogP contribution in [0.15, 0.2) is 60.9 Å². The fourth-order valence-corrected chi connectivity index (χ4v) is 2.70. The quantitative estimate of drug-likeness (QED) is 0.520. The molecule has 0 aliphatic rings. The van der Waals surface area contributed by atoms with Gasteiger partial charge in [0.15, 0.2) is 11.3 Å². The van der Waals surface area contributed by atoms with Crippen LogP contribution in [0.1, 0.15) is 11.3 Å². The second-order valence-electron chi connectivity index (χ2n) is 5.93. The Bertz CT molecular complexity index is 1070. The molecule has 0 N–H and O–H groups in total. The van der Waals surface area contributed by atoms with Gasteiger partial charge in [0.2, 0.25) is 0 Å². The van der Waals surface area contributed by atoms with E-state index in [9.17, 15) is 13.2 Å². The maximum Gasteiger partial charge on any atom is 0.433 e. The van der Waals surface area contributed by atoms with E-state index in [0.29, 0.717) is 11.3 Å². The summed E-state index contributed by atoms with van der Waals surface area (Å²) >= 11 is 0. The summed E-state index contributed by atoms with van der Waals surface area (Å²) in [6.07, 6.45) is -1.52. The van der Waals surface area contributed by atoms with E-state index in [1.54, 1.807) is 24.4 Å². The van der Waals surface area contributed by atoms with Crippen molar-refractivity contribution in [2.45, 2.75) is 13.1 Å². The third kappa shape index (κ3) is 2.92. The lowest BCUT2D eigenvalue weighted by Crippen LogP contribution is -2.13. The number of hydrogen-bond acceptors (Lipinski definition) is 3. The normalized spacial score (nSPS) is 11.8. The molecule has 0 amide bonds. The molecule has 7 heteroatoms. The van der Waals surface area contributed by atoms with Crippen molar-refractivity contribution in [3.05, 3.63) is 72.2 Å². The Hall–Kier alpha value is -3.22. The Kier molecular flexibility index (Phi) is 3.72. The van der Waals surface area contributed by atoms with Crippen LogP contribution < -0.4 is 0 Å². The zero-order valence-electron chi connectivity index (χ0n) is 13.7. The van der Waals surface area contributed by atoms with Crippen molar-refractivity contribution < 1.29 is 13.2 Å². The molecular formula is C19H13F3N4. The average molecular weight is 354 g/mol. The van der Waals surface area contributed by atoms with Crippen LogP contribution >= 0.6 is 0 Å². The number of benzene rings is 1. The van der Waals surface area contributed by atoms with Gasteiger partial charge < -0.3 is 0 Å². The number of nitrogens with zero attached hydrogens (tertiary/aromatic N) is 4. The molecule has 3 heterocycles. The van der Waals surface area contributed by atoms with Crippen LogP contribution in [0.5, 0.6) is 0 Å². The van der Waals surface area contributed by atoms with Crippen molar-refractivity contribution >= 4 is 5.65 Å². The lowest BCUT2D eigenvalue weighted by Gasteiger charge is -2.10. The van der Waals surface area contributed by atoms with E-state index in [1.807, 2.05) is 31.2 Å². The molecule has 0 unspecified atom stereocenters. The van der Waals surface area contributed by atoms with E-state index in [0.717, 1.165) is 21.7 Å². The Balaban J connectivity index is 1.94. The molecular weight excluding hydrogens is 341 g/mol. The minimum absolute atomic E-state index is 0.134. The summed E-state index contributed by atoms with van der Waals surface area (Å²) in [6, 6.07) is 13.3. The standard InChI is InChI=1S/C19H13F3N4/c1-12-4-6-13(7-5-12)16-10-18-24-15(14-3-2-8-23-11-14)9-17(19(20,21)22)26(18)25-16/h2-11H,1H3. The largest absolute Gasteiger partial charge is 0.433 e. The average Bonchev–Trinajstić information content (AvgIpc) is 3.05. The lowest BCUT2D eigenvalue weighted by molar-refractivity contribution is -0.142. The maximum absolute atomic E-state index is 13.6. The molecule has 0 atom stereocenters. The minimum Gasteiger partial charge on any atom is -0.264 e. The maximum atomic E-state index is 13.6. The summed E-state index contributed by atoms with van der Waals surface area (Å²) < 4.78 is 41.6. The van der Waals surface area contributed by atoms with Gasteiger partial charge in [0.1, 0.15) is 0 Å². The third-order valence-corrected chi connectivity index (χ3v) is 4.02. The van der Waals surface area contributed by atoms with E-state index in [-0.39, 0.29) is 11.3 Å². The highest BCUT2D eigenvalue weighted by Crippen LogP contribution is 2.33. The smallest absolute Gasteiger partial charge is 0.264 e. The predicted octanol–water partition coefficient (Wildman–Crippen LogP) is 4.79. The van der Waals surface area contributed by atoms with Gasteiger partial charge in [-0.25, -0.2) is 9.50 Å². The van der Waals surface area contributed by atoms with Crippen LogP contribution in [0.3, 0.4) is 0 Å².